The first-order valence-electron chi connectivity index (χ1n) is 14.4. The molecule has 2 aliphatic heterocycles. The molecule has 44 heavy (non-hydrogen) atoms. The van der Waals surface area contributed by atoms with Crippen LogP contribution < -0.4 is 10.6 Å². The number of fused-ring (bicyclic) bond motifs is 3. The van der Waals surface area contributed by atoms with Crippen molar-refractivity contribution in [2.45, 2.75) is 56.1 Å². The fourth-order valence-electron chi connectivity index (χ4n) is 6.34. The highest BCUT2D eigenvalue weighted by Gasteiger charge is 2.41. The third-order valence-electron chi connectivity index (χ3n) is 8.69. The van der Waals surface area contributed by atoms with Crippen LogP contribution >= 0.6 is 13.5 Å². The molecule has 3 atom stereocenters. The van der Waals surface area contributed by atoms with E-state index in [9.17, 15) is 17.6 Å². The second-order valence-corrected chi connectivity index (χ2v) is 13.4. The fourth-order valence-corrected chi connectivity index (χ4v) is 7.11. The Hall–Kier alpha value is -3.59. The lowest BCUT2D eigenvalue weighted by Gasteiger charge is -2.41. The molecular formula is C30H37FN8O3S2. The summed E-state index contributed by atoms with van der Waals surface area (Å²) in [5, 5.41) is 6.68. The number of aryl methyl sites for hydroxylation is 1. The van der Waals surface area contributed by atoms with Crippen molar-refractivity contribution >= 4 is 57.6 Å². The van der Waals surface area contributed by atoms with Gasteiger partial charge in [0.1, 0.15) is 4.90 Å². The highest BCUT2D eigenvalue weighted by molar-refractivity contribution is 7.90. The van der Waals surface area contributed by atoms with Gasteiger partial charge in [-0.15, -0.1) is 0 Å². The molecule has 11 nitrogen and oxygen atoms in total. The van der Waals surface area contributed by atoms with Crippen molar-refractivity contribution in [3.63, 3.8) is 0 Å². The molecule has 3 aromatic heterocycles. The summed E-state index contributed by atoms with van der Waals surface area (Å²) < 4.78 is 38.9. The maximum absolute atomic E-state index is 15.0. The van der Waals surface area contributed by atoms with E-state index in [2.05, 4.69) is 47.4 Å². The number of nitrogens with one attached hydrogen (secondary N) is 3. The van der Waals surface area contributed by atoms with Crippen molar-refractivity contribution in [3.05, 3.63) is 54.2 Å². The zero-order valence-electron chi connectivity index (χ0n) is 25.1. The zero-order chi connectivity index (χ0) is 30.5. The SMILES string of the molecule is CC[C@@H](C(=O)Nc1nccc2c(-c3nc(Nc4cccc(S(C)(=O)=O)c4F)ncc3C)c[nH]c12)N1CC2CCC(C1)N2C.S. The van der Waals surface area contributed by atoms with Crippen LogP contribution in [-0.2, 0) is 14.6 Å². The van der Waals surface area contributed by atoms with Crippen LogP contribution in [0.4, 0.5) is 21.8 Å². The maximum atomic E-state index is 15.0. The molecule has 4 aromatic rings. The predicted molar refractivity (Wildman–Crippen MR) is 174 cm³/mol. The van der Waals surface area contributed by atoms with E-state index in [0.29, 0.717) is 35.5 Å². The summed E-state index contributed by atoms with van der Waals surface area (Å²) in [5.74, 6) is -0.433. The molecule has 5 heterocycles. The van der Waals surface area contributed by atoms with Gasteiger partial charge in [-0.2, -0.15) is 13.5 Å². The van der Waals surface area contributed by atoms with Crippen LogP contribution in [0, 0.1) is 12.7 Å². The topological polar surface area (TPSA) is 136 Å². The molecule has 234 valence electrons. The Morgan fingerprint density at radius 3 is 2.59 bits per heavy atom. The van der Waals surface area contributed by atoms with Crippen molar-refractivity contribution < 1.29 is 17.6 Å². The largest absolute Gasteiger partial charge is 0.357 e. The quantitative estimate of drug-likeness (QED) is 0.259. The number of rotatable bonds is 8. The molecule has 2 saturated heterocycles. The molecule has 0 radical (unpaired) electrons. The minimum atomic E-state index is -3.75. The van der Waals surface area contributed by atoms with Gasteiger partial charge in [0.15, 0.2) is 21.5 Å². The Kier molecular flexibility index (Phi) is 8.99. The first-order valence-corrected chi connectivity index (χ1v) is 16.3. The number of likely N-dealkylation sites (N-methyl/N-ethyl adjacent to an activating group) is 1. The van der Waals surface area contributed by atoms with E-state index >= 15 is 0 Å². The van der Waals surface area contributed by atoms with Gasteiger partial charge in [0, 0.05) is 61.0 Å². The number of carbonyl (C=O) groups excluding carboxylic acids is 1. The van der Waals surface area contributed by atoms with E-state index in [1.54, 1.807) is 18.6 Å². The molecule has 2 fully saturated rings. The summed E-state index contributed by atoms with van der Waals surface area (Å²) in [6.45, 7) is 5.67. The summed E-state index contributed by atoms with van der Waals surface area (Å²) in [5.41, 5.74) is 2.73. The molecule has 6 rings (SSSR count). The van der Waals surface area contributed by atoms with Crippen LogP contribution in [0.2, 0.25) is 0 Å². The number of carbonyl (C=O) groups is 1. The Morgan fingerprint density at radius 1 is 1.18 bits per heavy atom. The smallest absolute Gasteiger partial charge is 0.242 e. The number of likely N-dealkylation sites (tertiary alicyclic amines) is 1. The first-order chi connectivity index (χ1) is 20.5. The lowest BCUT2D eigenvalue weighted by Crippen LogP contribution is -2.57. The number of sulfone groups is 1. The van der Waals surface area contributed by atoms with Gasteiger partial charge in [0.25, 0.3) is 0 Å². The van der Waals surface area contributed by atoms with E-state index in [1.165, 1.54) is 31.0 Å². The fraction of sp³-hybridized carbons (Fsp3) is 0.400. The van der Waals surface area contributed by atoms with Gasteiger partial charge >= 0.3 is 0 Å². The molecule has 0 spiro atoms. The van der Waals surface area contributed by atoms with Crippen molar-refractivity contribution in [2.24, 2.45) is 0 Å². The number of hydrogen-bond donors (Lipinski definition) is 3. The average molecular weight is 641 g/mol. The van der Waals surface area contributed by atoms with E-state index < -0.39 is 20.5 Å². The highest BCUT2D eigenvalue weighted by atomic mass is 32.2. The summed E-state index contributed by atoms with van der Waals surface area (Å²) in [7, 11) is -1.57. The van der Waals surface area contributed by atoms with Crippen molar-refractivity contribution in [1.82, 2.24) is 29.7 Å². The van der Waals surface area contributed by atoms with Crippen molar-refractivity contribution in [1.29, 1.82) is 0 Å². The van der Waals surface area contributed by atoms with Gasteiger partial charge < -0.3 is 15.6 Å². The predicted octanol–water partition coefficient (Wildman–Crippen LogP) is 4.22. The highest BCUT2D eigenvalue weighted by Crippen LogP contribution is 2.34. The molecular weight excluding hydrogens is 604 g/mol. The lowest BCUT2D eigenvalue weighted by molar-refractivity contribution is -0.122. The van der Waals surface area contributed by atoms with Crippen molar-refractivity contribution in [3.8, 4) is 11.3 Å². The number of aromatic nitrogens is 4. The number of benzene rings is 1. The van der Waals surface area contributed by atoms with Gasteiger partial charge in [0.05, 0.1) is 22.9 Å². The van der Waals surface area contributed by atoms with Crippen LogP contribution in [0.5, 0.6) is 0 Å². The van der Waals surface area contributed by atoms with Crippen LogP contribution in [0.3, 0.4) is 0 Å². The molecule has 3 N–H and O–H groups in total. The van der Waals surface area contributed by atoms with Gasteiger partial charge in [0.2, 0.25) is 11.9 Å². The number of hydrogen-bond acceptors (Lipinski definition) is 9. The molecule has 1 aromatic carbocycles. The molecule has 0 aliphatic carbocycles. The number of aromatic amines is 1. The van der Waals surface area contributed by atoms with Crippen LogP contribution in [0.15, 0.2) is 47.8 Å². The minimum Gasteiger partial charge on any atom is -0.357 e. The number of pyridine rings is 1. The summed E-state index contributed by atoms with van der Waals surface area (Å²) >= 11 is 0. The molecule has 0 saturated carbocycles. The van der Waals surface area contributed by atoms with E-state index in [0.717, 1.165) is 35.9 Å². The monoisotopic (exact) mass is 640 g/mol. The number of halogens is 1. The number of piperazine rings is 1. The third kappa shape index (κ3) is 5.91. The molecule has 2 aliphatic rings. The molecule has 14 heteroatoms. The molecule has 2 bridgehead atoms. The first kappa shape index (κ1) is 31.8. The number of anilines is 3. The van der Waals surface area contributed by atoms with Gasteiger partial charge in [-0.3, -0.25) is 14.6 Å². The Balaban J connectivity index is 0.00000384. The zero-order valence-corrected chi connectivity index (χ0v) is 26.9. The molecule has 1 amide bonds. The lowest BCUT2D eigenvalue weighted by atomic mass is 10.1. The summed E-state index contributed by atoms with van der Waals surface area (Å²) in [6, 6.07) is 6.67. The number of H-pyrrole nitrogens is 1. The maximum Gasteiger partial charge on any atom is 0.242 e. The standard InChI is InChI=1S/C30H35FN8O3S.H2S/c1-5-23(39-15-18-9-10-19(16-39)38(18)3)29(40)37-28-27-20(11-12-32-28)21(14-33-27)26-17(2)13-34-30(36-26)35-22-7-6-8-24(25(22)31)43(4,41)42;/h6-8,11-14,18-19,23,33H,5,9-10,15-16H2,1-4H3,(H,32,37,40)(H,34,35,36);1H2/t18?,19?,23-;/m0./s1. The average Bonchev–Trinajstić information content (AvgIpc) is 3.46. The van der Waals surface area contributed by atoms with Gasteiger partial charge in [-0.25, -0.2) is 27.8 Å². The summed E-state index contributed by atoms with van der Waals surface area (Å²) in [6.07, 6.45) is 9.05. The Labute approximate surface area is 263 Å². The van der Waals surface area contributed by atoms with E-state index in [1.807, 2.05) is 19.9 Å². The second kappa shape index (κ2) is 12.4. The van der Waals surface area contributed by atoms with Crippen molar-refractivity contribution in [2.75, 3.05) is 37.0 Å². The Morgan fingerprint density at radius 2 is 1.91 bits per heavy atom. The summed E-state index contributed by atoms with van der Waals surface area (Å²) in [4.78, 5) is 34.5. The van der Waals surface area contributed by atoms with E-state index in [4.69, 9.17) is 0 Å². The normalized spacial score (nSPS) is 19.5. The van der Waals surface area contributed by atoms with Gasteiger partial charge in [-0.1, -0.05) is 13.0 Å². The molecule has 2 unspecified atom stereocenters. The van der Waals surface area contributed by atoms with Crippen LogP contribution in [0.25, 0.3) is 22.2 Å². The van der Waals surface area contributed by atoms with Crippen LogP contribution in [-0.4, -0.2) is 88.6 Å². The number of amides is 1. The Bertz CT molecular complexity index is 1800. The number of nitrogens with zero attached hydrogens (tertiary/aromatic N) is 5. The minimum absolute atomic E-state index is 0. The second-order valence-electron chi connectivity index (χ2n) is 11.4. The third-order valence-corrected chi connectivity index (χ3v) is 9.80. The van der Waals surface area contributed by atoms with Gasteiger partial charge in [-0.05, 0) is 57.0 Å². The van der Waals surface area contributed by atoms with Crippen LogP contribution in [0.1, 0.15) is 31.7 Å². The van der Waals surface area contributed by atoms with E-state index in [-0.39, 0.29) is 37.1 Å².